The van der Waals surface area contributed by atoms with Gasteiger partial charge >= 0.3 is 5.97 Å². The van der Waals surface area contributed by atoms with Crippen molar-refractivity contribution in [2.24, 2.45) is 0 Å². The third-order valence-electron chi connectivity index (χ3n) is 6.53. The van der Waals surface area contributed by atoms with Gasteiger partial charge in [0.05, 0.1) is 32.0 Å². The van der Waals surface area contributed by atoms with E-state index in [4.69, 9.17) is 18.9 Å². The van der Waals surface area contributed by atoms with Gasteiger partial charge in [0.1, 0.15) is 19.0 Å². The average Bonchev–Trinajstić information content (AvgIpc) is 3.42. The van der Waals surface area contributed by atoms with Crippen molar-refractivity contribution in [2.45, 2.75) is 84.0 Å². The van der Waals surface area contributed by atoms with Gasteiger partial charge < -0.3 is 29.1 Å². The topological polar surface area (TPSA) is 99.2 Å². The maximum absolute atomic E-state index is 15.0. The average molecular weight is 634 g/mol. The van der Waals surface area contributed by atoms with Gasteiger partial charge in [-0.3, -0.25) is 4.90 Å². The third kappa shape index (κ3) is 13.3. The van der Waals surface area contributed by atoms with Crippen LogP contribution in [0.15, 0.2) is 18.2 Å². The zero-order valence-corrected chi connectivity index (χ0v) is 27.8. The number of aromatic nitrogens is 1. The highest BCUT2D eigenvalue weighted by atomic mass is 32.1. The van der Waals surface area contributed by atoms with Crippen LogP contribution in [0.3, 0.4) is 0 Å². The molecule has 0 amide bonds. The molecule has 2 rings (SSSR count). The van der Waals surface area contributed by atoms with Crippen molar-refractivity contribution >= 4 is 28.7 Å². The number of benzene rings is 1. The molecule has 1 aromatic carbocycles. The van der Waals surface area contributed by atoms with E-state index in [1.807, 2.05) is 19.0 Å². The summed E-state index contributed by atoms with van der Waals surface area (Å²) in [5.41, 5.74) is 0.765. The van der Waals surface area contributed by atoms with E-state index in [1.54, 1.807) is 26.1 Å². The summed E-state index contributed by atoms with van der Waals surface area (Å²) in [4.78, 5) is 31.3. The van der Waals surface area contributed by atoms with E-state index in [1.165, 1.54) is 17.4 Å². The molecular weight excluding hydrogens is 585 g/mol. The Labute approximate surface area is 265 Å². The van der Waals surface area contributed by atoms with Gasteiger partial charge in [0.15, 0.2) is 22.4 Å². The van der Waals surface area contributed by atoms with Gasteiger partial charge in [0.2, 0.25) is 0 Å². The fourth-order valence-corrected chi connectivity index (χ4v) is 5.18. The van der Waals surface area contributed by atoms with Crippen LogP contribution < -0.4 is 10.1 Å². The lowest BCUT2D eigenvalue weighted by atomic mass is 10.1. The van der Waals surface area contributed by atoms with Crippen molar-refractivity contribution in [3.63, 3.8) is 0 Å². The summed E-state index contributed by atoms with van der Waals surface area (Å²) < 4.78 is 38.7. The summed E-state index contributed by atoms with van der Waals surface area (Å²) in [7, 11) is 5.56. The summed E-state index contributed by atoms with van der Waals surface area (Å²) in [5.74, 6) is 4.98. The zero-order valence-electron chi connectivity index (χ0n) is 26.9. The number of hydrogen-bond donors (Lipinski definition) is 1. The van der Waals surface area contributed by atoms with E-state index in [0.717, 1.165) is 32.0 Å². The largest absolute Gasteiger partial charge is 0.488 e. The number of hydrogen-bond acceptors (Lipinski definition) is 10. The van der Waals surface area contributed by atoms with Crippen LogP contribution in [0.4, 0.5) is 9.52 Å². The molecule has 0 saturated carbocycles. The van der Waals surface area contributed by atoms with Crippen LogP contribution in [0.2, 0.25) is 0 Å². The monoisotopic (exact) mass is 633 g/mol. The lowest BCUT2D eigenvalue weighted by Crippen LogP contribution is -2.34. The van der Waals surface area contributed by atoms with Crippen molar-refractivity contribution in [2.75, 3.05) is 52.8 Å². The molecule has 44 heavy (non-hydrogen) atoms. The van der Waals surface area contributed by atoms with Gasteiger partial charge in [-0.15, -0.1) is 11.3 Å². The first-order chi connectivity index (χ1) is 21.2. The van der Waals surface area contributed by atoms with Crippen molar-refractivity contribution in [1.29, 1.82) is 0 Å². The predicted octanol–water partition coefficient (Wildman–Crippen LogP) is 5.75. The second kappa shape index (κ2) is 20.8. The number of nitrogens with zero attached hydrogens (tertiary/aromatic N) is 2. The van der Waals surface area contributed by atoms with Crippen molar-refractivity contribution in [3.05, 3.63) is 40.2 Å². The first kappa shape index (κ1) is 37.1. The van der Waals surface area contributed by atoms with Gasteiger partial charge in [-0.2, -0.15) is 0 Å². The smallest absolute Gasteiger partial charge is 0.358 e. The number of carbonyl (C=O) groups is 2. The lowest BCUT2D eigenvalue weighted by Gasteiger charge is -2.26. The number of halogens is 1. The van der Waals surface area contributed by atoms with Crippen molar-refractivity contribution in [3.8, 4) is 17.6 Å². The van der Waals surface area contributed by atoms with Crippen LogP contribution in [-0.2, 0) is 25.4 Å². The summed E-state index contributed by atoms with van der Waals surface area (Å²) >= 11 is 1.33. The Bertz CT molecular complexity index is 1210. The molecule has 0 radical (unpaired) electrons. The minimum atomic E-state index is -0.580. The minimum Gasteiger partial charge on any atom is -0.488 e. The number of rotatable bonds is 21. The molecule has 0 aliphatic rings. The summed E-state index contributed by atoms with van der Waals surface area (Å²) in [6, 6.07) is 4.62. The predicted molar refractivity (Wildman–Crippen MR) is 172 cm³/mol. The summed E-state index contributed by atoms with van der Waals surface area (Å²) in [6.07, 6.45) is 4.76. The van der Waals surface area contributed by atoms with Crippen LogP contribution >= 0.6 is 11.3 Å². The van der Waals surface area contributed by atoms with E-state index in [-0.39, 0.29) is 43.8 Å². The number of anilines is 1. The Morgan fingerprint density at radius 3 is 2.52 bits per heavy atom. The quantitative estimate of drug-likeness (QED) is 0.105. The van der Waals surface area contributed by atoms with Crippen LogP contribution in [0, 0.1) is 17.7 Å². The normalized spacial score (nSPS) is 13.1. The number of nitrogens with one attached hydrogen (secondary N) is 1. The number of esters is 1. The number of carbonyl (C=O) groups excluding carboxylic acids is 2. The third-order valence-corrected chi connectivity index (χ3v) is 7.63. The molecule has 9 nitrogen and oxygen atoms in total. The highest BCUT2D eigenvalue weighted by molar-refractivity contribution is 7.15. The molecule has 3 atom stereocenters. The lowest BCUT2D eigenvalue weighted by molar-refractivity contribution is -0.125. The molecule has 1 aromatic heterocycles. The van der Waals surface area contributed by atoms with E-state index in [2.05, 4.69) is 36.0 Å². The summed E-state index contributed by atoms with van der Waals surface area (Å²) in [6.45, 7) is 6.91. The SMILES string of the molecule is CCCCC(C=O)OCC(CCCC)OC(COc1ccc(C#CCN(C)C)cc1F)Cc1sc(NC)nc1C(=O)OCC. The molecule has 244 valence electrons. The fourth-order valence-electron chi connectivity index (χ4n) is 4.21. The maximum Gasteiger partial charge on any atom is 0.358 e. The second-order valence-electron chi connectivity index (χ2n) is 10.6. The first-order valence-corrected chi connectivity index (χ1v) is 16.2. The Kier molecular flexibility index (Phi) is 17.6. The minimum absolute atomic E-state index is 0.00714. The molecule has 0 fully saturated rings. The van der Waals surface area contributed by atoms with Crippen molar-refractivity contribution < 1.29 is 32.9 Å². The Hall–Kier alpha value is -3.04. The van der Waals surface area contributed by atoms with E-state index in [0.29, 0.717) is 35.0 Å². The second-order valence-corrected chi connectivity index (χ2v) is 11.7. The molecule has 0 aliphatic heterocycles. The van der Waals surface area contributed by atoms with Crippen LogP contribution in [0.1, 0.15) is 80.2 Å². The molecule has 2 aromatic rings. The maximum atomic E-state index is 15.0. The molecule has 11 heteroatoms. The van der Waals surface area contributed by atoms with E-state index < -0.39 is 24.0 Å². The zero-order chi connectivity index (χ0) is 32.3. The standard InChI is InChI=1S/C33H48FN3O6S/c1-7-10-14-25(21-38)41-22-26(15-11-8-2)43-27(20-30-31(32(39)40-9-3)36-33(35-4)44-30)23-42-29-17-16-24(19-28(29)34)13-12-18-37(5)6/h16-17,19,21,25-27H,7-11,14-15,18,20,22-23H2,1-6H3,(H,35,36). The molecule has 0 saturated heterocycles. The highest BCUT2D eigenvalue weighted by Crippen LogP contribution is 2.27. The number of aldehydes is 1. The van der Waals surface area contributed by atoms with Gasteiger partial charge in [-0.25, -0.2) is 14.2 Å². The molecular formula is C33H48FN3O6S. The molecule has 0 spiro atoms. The van der Waals surface area contributed by atoms with Gasteiger partial charge in [-0.05, 0) is 52.1 Å². The number of unbranched alkanes of at least 4 members (excludes halogenated alkanes) is 2. The molecule has 0 bridgehead atoms. The fraction of sp³-hybridized carbons (Fsp3) is 0.606. The van der Waals surface area contributed by atoms with Crippen LogP contribution in [0.5, 0.6) is 5.75 Å². The van der Waals surface area contributed by atoms with Gasteiger partial charge in [0.25, 0.3) is 0 Å². The van der Waals surface area contributed by atoms with Crippen LogP contribution in [-0.4, -0.2) is 88.0 Å². The number of ether oxygens (including phenoxy) is 4. The van der Waals surface area contributed by atoms with Crippen molar-refractivity contribution in [1.82, 2.24) is 9.88 Å². The van der Waals surface area contributed by atoms with E-state index in [9.17, 15) is 9.59 Å². The first-order valence-electron chi connectivity index (χ1n) is 15.4. The molecule has 1 heterocycles. The molecule has 1 N–H and O–H groups in total. The molecule has 3 unspecified atom stereocenters. The number of thiazole rings is 1. The van der Waals surface area contributed by atoms with Gasteiger partial charge in [0, 0.05) is 23.9 Å². The van der Waals surface area contributed by atoms with E-state index >= 15 is 4.39 Å². The highest BCUT2D eigenvalue weighted by Gasteiger charge is 2.26. The Balaban J connectivity index is 2.30. The van der Waals surface area contributed by atoms with Crippen LogP contribution in [0.25, 0.3) is 0 Å². The molecule has 0 aliphatic carbocycles. The Morgan fingerprint density at radius 2 is 1.89 bits per heavy atom. The Morgan fingerprint density at radius 1 is 1.14 bits per heavy atom. The summed E-state index contributed by atoms with van der Waals surface area (Å²) in [5, 5.41) is 3.55. The van der Waals surface area contributed by atoms with Gasteiger partial charge in [-0.1, -0.05) is 51.4 Å².